The Balaban J connectivity index is 2.10. The molecule has 0 aliphatic carbocycles. The van der Waals surface area contributed by atoms with Crippen LogP contribution >= 0.6 is 0 Å². The Kier molecular flexibility index (Phi) is 4.23. The molecule has 1 heterocycles. The summed E-state index contributed by atoms with van der Waals surface area (Å²) in [5, 5.41) is 0. The Labute approximate surface area is 147 Å². The van der Waals surface area contributed by atoms with E-state index in [1.165, 1.54) is 50.1 Å². The second-order valence-electron chi connectivity index (χ2n) is 7.81. The molecule has 128 valence electrons. The fourth-order valence-electron chi connectivity index (χ4n) is 4.06. The number of fused-ring (bicyclic) bond motifs is 1. The lowest BCUT2D eigenvalue weighted by molar-refractivity contribution is 0.122. The molecule has 24 heavy (non-hydrogen) atoms. The molecule has 2 aromatic rings. The van der Waals surface area contributed by atoms with Gasteiger partial charge in [0.1, 0.15) is 11.9 Å². The Morgan fingerprint density at radius 3 is 1.88 bits per heavy atom. The van der Waals surface area contributed by atoms with Crippen LogP contribution in [-0.4, -0.2) is 0 Å². The molecule has 1 aliphatic rings. The van der Waals surface area contributed by atoms with E-state index in [-0.39, 0.29) is 6.10 Å². The molecule has 0 saturated carbocycles. The molecule has 1 heteroatoms. The highest BCUT2D eigenvalue weighted by Crippen LogP contribution is 2.44. The summed E-state index contributed by atoms with van der Waals surface area (Å²) in [6.07, 6.45) is 1.25. The van der Waals surface area contributed by atoms with Crippen molar-refractivity contribution in [3.8, 4) is 5.75 Å². The third-order valence-corrected chi connectivity index (χ3v) is 6.32. The first-order valence-electron chi connectivity index (χ1n) is 9.06. The van der Waals surface area contributed by atoms with Crippen molar-refractivity contribution in [1.29, 1.82) is 0 Å². The standard InChI is InChI=1S/C23H30O/c1-12-9-20(10-13(2)15(12)4)22-14(3)11-21-18(7)16(5)17(6)19(8)23(21)24-22/h9-10,14,22H,11H2,1-8H3. The first kappa shape index (κ1) is 17.1. The summed E-state index contributed by atoms with van der Waals surface area (Å²) in [6.45, 7) is 17.8. The Hall–Kier alpha value is -1.76. The minimum atomic E-state index is 0.149. The van der Waals surface area contributed by atoms with Gasteiger partial charge in [-0.1, -0.05) is 19.1 Å². The molecular formula is C23H30O. The van der Waals surface area contributed by atoms with Crippen LogP contribution < -0.4 is 4.74 Å². The summed E-state index contributed by atoms with van der Waals surface area (Å²) in [4.78, 5) is 0. The second-order valence-corrected chi connectivity index (χ2v) is 7.81. The number of hydrogen-bond donors (Lipinski definition) is 0. The van der Waals surface area contributed by atoms with Crippen LogP contribution in [0, 0.1) is 54.4 Å². The molecule has 0 fully saturated rings. The molecule has 2 aromatic carbocycles. The van der Waals surface area contributed by atoms with Crippen molar-refractivity contribution in [3.63, 3.8) is 0 Å². The van der Waals surface area contributed by atoms with Gasteiger partial charge in [-0.25, -0.2) is 0 Å². The van der Waals surface area contributed by atoms with Gasteiger partial charge in [0, 0.05) is 5.92 Å². The number of hydrogen-bond acceptors (Lipinski definition) is 1. The van der Waals surface area contributed by atoms with Crippen molar-refractivity contribution in [1.82, 2.24) is 0 Å². The number of rotatable bonds is 1. The topological polar surface area (TPSA) is 9.23 Å². The molecule has 0 amide bonds. The summed E-state index contributed by atoms with van der Waals surface area (Å²) in [7, 11) is 0. The molecule has 2 unspecified atom stereocenters. The van der Waals surface area contributed by atoms with Crippen LogP contribution in [-0.2, 0) is 6.42 Å². The third kappa shape index (κ3) is 2.55. The van der Waals surface area contributed by atoms with Crippen LogP contribution in [0.3, 0.4) is 0 Å². The first-order chi connectivity index (χ1) is 11.2. The lowest BCUT2D eigenvalue weighted by Gasteiger charge is -2.35. The van der Waals surface area contributed by atoms with Crippen molar-refractivity contribution in [2.75, 3.05) is 0 Å². The van der Waals surface area contributed by atoms with Crippen LogP contribution in [0.2, 0.25) is 0 Å². The van der Waals surface area contributed by atoms with Crippen LogP contribution in [0.25, 0.3) is 0 Å². The lowest BCUT2D eigenvalue weighted by Crippen LogP contribution is -2.26. The Morgan fingerprint density at radius 1 is 0.750 bits per heavy atom. The van der Waals surface area contributed by atoms with E-state index in [2.05, 4.69) is 67.5 Å². The maximum Gasteiger partial charge on any atom is 0.127 e. The molecule has 0 spiro atoms. The molecule has 1 nitrogen and oxygen atoms in total. The van der Waals surface area contributed by atoms with E-state index in [1.54, 1.807) is 0 Å². The summed E-state index contributed by atoms with van der Waals surface area (Å²) in [5.74, 6) is 1.62. The van der Waals surface area contributed by atoms with Gasteiger partial charge in [-0.15, -0.1) is 0 Å². The Bertz CT molecular complexity index is 791. The quantitative estimate of drug-likeness (QED) is 0.611. The van der Waals surface area contributed by atoms with E-state index < -0.39 is 0 Å². The van der Waals surface area contributed by atoms with Gasteiger partial charge in [0.05, 0.1) is 0 Å². The van der Waals surface area contributed by atoms with Gasteiger partial charge in [-0.3, -0.25) is 0 Å². The average Bonchev–Trinajstić information content (AvgIpc) is 2.55. The molecule has 1 aliphatic heterocycles. The SMILES string of the molecule is Cc1cc(C2Oc3c(C)c(C)c(C)c(C)c3CC2C)cc(C)c1C. The van der Waals surface area contributed by atoms with Crippen molar-refractivity contribution in [2.24, 2.45) is 5.92 Å². The van der Waals surface area contributed by atoms with Crippen molar-refractivity contribution in [2.45, 2.75) is 67.9 Å². The zero-order valence-electron chi connectivity index (χ0n) is 16.4. The molecule has 3 rings (SSSR count). The first-order valence-corrected chi connectivity index (χ1v) is 9.06. The summed E-state index contributed by atoms with van der Waals surface area (Å²) in [5.41, 5.74) is 12.4. The second kappa shape index (κ2) is 5.95. The zero-order valence-corrected chi connectivity index (χ0v) is 16.4. The summed E-state index contributed by atoms with van der Waals surface area (Å²) < 4.78 is 6.63. The number of aryl methyl sites for hydroxylation is 2. The van der Waals surface area contributed by atoms with Crippen molar-refractivity contribution >= 4 is 0 Å². The van der Waals surface area contributed by atoms with Gasteiger partial charge in [0.15, 0.2) is 0 Å². The minimum absolute atomic E-state index is 0.149. The predicted molar refractivity (Wildman–Crippen MR) is 102 cm³/mol. The molecule has 0 saturated heterocycles. The fraction of sp³-hybridized carbons (Fsp3) is 0.478. The van der Waals surface area contributed by atoms with Crippen LogP contribution in [0.1, 0.15) is 63.1 Å². The molecule has 0 N–H and O–H groups in total. The zero-order chi connectivity index (χ0) is 17.8. The van der Waals surface area contributed by atoms with E-state index in [0.29, 0.717) is 5.92 Å². The minimum Gasteiger partial charge on any atom is -0.485 e. The summed E-state index contributed by atoms with van der Waals surface area (Å²) >= 11 is 0. The highest BCUT2D eigenvalue weighted by atomic mass is 16.5. The predicted octanol–water partition coefficient (Wildman–Crippen LogP) is 6.16. The van der Waals surface area contributed by atoms with Gasteiger partial charge in [0.25, 0.3) is 0 Å². The largest absolute Gasteiger partial charge is 0.485 e. The van der Waals surface area contributed by atoms with Gasteiger partial charge in [-0.05, 0) is 105 Å². The highest BCUT2D eigenvalue weighted by molar-refractivity contribution is 5.55. The van der Waals surface area contributed by atoms with Crippen LogP contribution in [0.5, 0.6) is 5.75 Å². The lowest BCUT2D eigenvalue weighted by atomic mass is 9.82. The third-order valence-electron chi connectivity index (χ3n) is 6.32. The molecule has 0 radical (unpaired) electrons. The van der Waals surface area contributed by atoms with Crippen LogP contribution in [0.15, 0.2) is 12.1 Å². The van der Waals surface area contributed by atoms with E-state index in [0.717, 1.165) is 12.2 Å². The number of ether oxygens (including phenoxy) is 1. The van der Waals surface area contributed by atoms with E-state index in [1.807, 2.05) is 0 Å². The fourth-order valence-corrected chi connectivity index (χ4v) is 4.06. The average molecular weight is 322 g/mol. The van der Waals surface area contributed by atoms with Crippen LogP contribution in [0.4, 0.5) is 0 Å². The highest BCUT2D eigenvalue weighted by Gasteiger charge is 2.31. The normalized spacial score (nSPS) is 19.8. The molecule has 0 aromatic heterocycles. The van der Waals surface area contributed by atoms with E-state index in [9.17, 15) is 0 Å². The van der Waals surface area contributed by atoms with Gasteiger partial charge < -0.3 is 4.74 Å². The Morgan fingerprint density at radius 2 is 1.29 bits per heavy atom. The van der Waals surface area contributed by atoms with E-state index in [4.69, 9.17) is 4.74 Å². The summed E-state index contributed by atoms with van der Waals surface area (Å²) in [6, 6.07) is 4.63. The maximum atomic E-state index is 6.63. The molecule has 0 bridgehead atoms. The molecular weight excluding hydrogens is 292 g/mol. The van der Waals surface area contributed by atoms with Gasteiger partial charge in [-0.2, -0.15) is 0 Å². The maximum absolute atomic E-state index is 6.63. The van der Waals surface area contributed by atoms with Crippen molar-refractivity contribution < 1.29 is 4.74 Å². The van der Waals surface area contributed by atoms with Gasteiger partial charge >= 0.3 is 0 Å². The van der Waals surface area contributed by atoms with E-state index >= 15 is 0 Å². The smallest absolute Gasteiger partial charge is 0.127 e. The monoisotopic (exact) mass is 322 g/mol. The van der Waals surface area contributed by atoms with Crippen molar-refractivity contribution in [3.05, 3.63) is 62.2 Å². The molecule has 2 atom stereocenters. The van der Waals surface area contributed by atoms with Gasteiger partial charge in [0.2, 0.25) is 0 Å². The number of benzene rings is 2.